The van der Waals surface area contributed by atoms with Crippen LogP contribution in [0.5, 0.6) is 11.5 Å². The van der Waals surface area contributed by atoms with Crippen LogP contribution < -0.4 is 4.74 Å². The molecule has 0 saturated carbocycles. The molecule has 2 heterocycles. The molecule has 138 valence electrons. The van der Waals surface area contributed by atoms with E-state index in [0.717, 1.165) is 44.5 Å². The summed E-state index contributed by atoms with van der Waals surface area (Å²) in [6, 6.07) is 19.8. The summed E-state index contributed by atoms with van der Waals surface area (Å²) in [6.45, 7) is 4.20. The number of aromatic amines is 1. The number of hydrogen-bond acceptors (Lipinski definition) is 3. The van der Waals surface area contributed by atoms with Gasteiger partial charge >= 0.3 is 0 Å². The molecule has 3 aromatic carbocycles. The van der Waals surface area contributed by atoms with Crippen LogP contribution in [0.3, 0.4) is 0 Å². The minimum Gasteiger partial charge on any atom is -0.508 e. The van der Waals surface area contributed by atoms with Crippen molar-refractivity contribution in [3.63, 3.8) is 0 Å². The van der Waals surface area contributed by atoms with Crippen molar-refractivity contribution in [2.75, 3.05) is 0 Å². The summed E-state index contributed by atoms with van der Waals surface area (Å²) < 4.78 is 6.53. The number of hydrogen-bond donors (Lipinski definition) is 2. The van der Waals surface area contributed by atoms with Gasteiger partial charge in [-0.3, -0.25) is 5.10 Å². The Bertz CT molecular complexity index is 1220. The lowest BCUT2D eigenvalue weighted by Crippen LogP contribution is -2.16. The molecule has 0 fully saturated rings. The van der Waals surface area contributed by atoms with Crippen molar-refractivity contribution in [2.45, 2.75) is 20.0 Å². The number of fused-ring (bicyclic) bond motifs is 3. The highest BCUT2D eigenvalue weighted by molar-refractivity contribution is 6.04. The third-order valence-corrected chi connectivity index (χ3v) is 5.41. The molecule has 0 amide bonds. The fourth-order valence-corrected chi connectivity index (χ4v) is 4.02. The first-order valence-corrected chi connectivity index (χ1v) is 9.31. The van der Waals surface area contributed by atoms with E-state index >= 15 is 0 Å². The monoisotopic (exact) mass is 368 g/mol. The summed E-state index contributed by atoms with van der Waals surface area (Å²) in [5, 5.41) is 18.4. The van der Waals surface area contributed by atoms with Gasteiger partial charge in [-0.05, 0) is 54.8 Å². The molecule has 1 unspecified atom stereocenters. The molecule has 0 aliphatic carbocycles. The minimum atomic E-state index is -0.251. The Morgan fingerprint density at radius 1 is 1.00 bits per heavy atom. The summed E-state index contributed by atoms with van der Waals surface area (Å²) >= 11 is 0. The highest BCUT2D eigenvalue weighted by atomic mass is 16.5. The molecule has 0 bridgehead atoms. The zero-order valence-corrected chi connectivity index (χ0v) is 15.7. The van der Waals surface area contributed by atoms with Gasteiger partial charge in [-0.1, -0.05) is 42.0 Å². The lowest BCUT2D eigenvalue weighted by molar-refractivity contribution is 0.260. The maximum atomic E-state index is 10.1. The molecule has 1 atom stereocenters. The van der Waals surface area contributed by atoms with Crippen LogP contribution in [0.2, 0.25) is 0 Å². The maximum Gasteiger partial charge on any atom is 0.150 e. The Morgan fingerprint density at radius 2 is 1.82 bits per heavy atom. The first kappa shape index (κ1) is 16.6. The molecule has 4 heteroatoms. The number of rotatable bonds is 2. The quantitative estimate of drug-likeness (QED) is 0.481. The highest BCUT2D eigenvalue weighted by Crippen LogP contribution is 2.48. The van der Waals surface area contributed by atoms with Crippen molar-refractivity contribution in [1.29, 1.82) is 0 Å². The molecule has 0 radical (unpaired) electrons. The highest BCUT2D eigenvalue weighted by Gasteiger charge is 2.30. The van der Waals surface area contributed by atoms with Crippen LogP contribution in [0.1, 0.15) is 35.3 Å². The molecule has 4 nitrogen and oxygen atoms in total. The Morgan fingerprint density at radius 3 is 2.61 bits per heavy atom. The zero-order valence-electron chi connectivity index (χ0n) is 15.7. The van der Waals surface area contributed by atoms with Crippen molar-refractivity contribution < 1.29 is 9.84 Å². The zero-order chi connectivity index (χ0) is 19.3. The van der Waals surface area contributed by atoms with E-state index in [4.69, 9.17) is 4.74 Å². The molecular weight excluding hydrogens is 348 g/mol. The second kappa shape index (κ2) is 6.27. The maximum absolute atomic E-state index is 10.1. The van der Waals surface area contributed by atoms with Gasteiger partial charge in [-0.15, -0.1) is 0 Å². The SMILES string of the molecule is CC1=C(c2cccc(O)c2)C(c2ccc(C)cc2)Oc2ccc3[nH]ncc3c21. The van der Waals surface area contributed by atoms with Gasteiger partial charge < -0.3 is 9.84 Å². The van der Waals surface area contributed by atoms with E-state index in [1.165, 1.54) is 5.56 Å². The number of phenolic OH excluding ortho intramolecular Hbond substituents is 1. The molecule has 1 aliphatic heterocycles. The number of nitrogens with one attached hydrogen (secondary N) is 1. The number of phenols is 1. The van der Waals surface area contributed by atoms with E-state index in [-0.39, 0.29) is 11.9 Å². The number of nitrogens with zero attached hydrogens (tertiary/aromatic N) is 1. The molecule has 0 saturated heterocycles. The van der Waals surface area contributed by atoms with Gasteiger partial charge in [0.15, 0.2) is 0 Å². The van der Waals surface area contributed by atoms with Crippen molar-refractivity contribution in [3.8, 4) is 11.5 Å². The molecule has 28 heavy (non-hydrogen) atoms. The lowest BCUT2D eigenvalue weighted by atomic mass is 9.85. The average molecular weight is 368 g/mol. The van der Waals surface area contributed by atoms with Crippen LogP contribution >= 0.6 is 0 Å². The standard InChI is InChI=1S/C24H20N2O2/c1-14-6-8-16(9-7-14)24-22(17-4-3-5-18(27)12-17)15(2)23-19-13-25-26-20(19)10-11-21(23)28-24/h3-13,24,27H,1-2H3,(H,25,26). The largest absolute Gasteiger partial charge is 0.508 e. The number of ether oxygens (including phenoxy) is 1. The van der Waals surface area contributed by atoms with Gasteiger partial charge in [0.1, 0.15) is 17.6 Å². The molecule has 1 aromatic heterocycles. The van der Waals surface area contributed by atoms with Crippen molar-refractivity contribution in [3.05, 3.63) is 89.1 Å². The fraction of sp³-hybridized carbons (Fsp3) is 0.125. The van der Waals surface area contributed by atoms with E-state index in [1.807, 2.05) is 30.5 Å². The number of aromatic nitrogens is 2. The van der Waals surface area contributed by atoms with Crippen molar-refractivity contribution in [1.82, 2.24) is 10.2 Å². The number of benzene rings is 3. The summed E-state index contributed by atoms with van der Waals surface area (Å²) in [4.78, 5) is 0. The molecule has 4 aromatic rings. The second-order valence-corrected chi connectivity index (χ2v) is 7.27. The third-order valence-electron chi connectivity index (χ3n) is 5.41. The van der Waals surface area contributed by atoms with Crippen LogP contribution in [0, 0.1) is 6.92 Å². The minimum absolute atomic E-state index is 0.243. The number of aryl methyl sites for hydroxylation is 1. The number of H-pyrrole nitrogens is 1. The first-order valence-electron chi connectivity index (χ1n) is 9.31. The molecule has 2 N–H and O–H groups in total. The van der Waals surface area contributed by atoms with Gasteiger partial charge in [0.05, 0.1) is 11.7 Å². The lowest BCUT2D eigenvalue weighted by Gasteiger charge is -2.31. The molecular formula is C24H20N2O2. The fourth-order valence-electron chi connectivity index (χ4n) is 4.02. The van der Waals surface area contributed by atoms with E-state index in [0.29, 0.717) is 0 Å². The van der Waals surface area contributed by atoms with Gasteiger partial charge in [-0.2, -0.15) is 5.10 Å². The van der Waals surface area contributed by atoms with Crippen molar-refractivity contribution in [2.24, 2.45) is 0 Å². The van der Waals surface area contributed by atoms with Crippen LogP contribution in [-0.2, 0) is 0 Å². The topological polar surface area (TPSA) is 58.1 Å². The summed E-state index contributed by atoms with van der Waals surface area (Å²) in [5.74, 6) is 1.09. The second-order valence-electron chi connectivity index (χ2n) is 7.27. The van der Waals surface area contributed by atoms with Crippen LogP contribution in [0.25, 0.3) is 22.0 Å². The summed E-state index contributed by atoms with van der Waals surface area (Å²) in [7, 11) is 0. The summed E-state index contributed by atoms with van der Waals surface area (Å²) in [5.41, 5.74) is 7.46. The Balaban J connectivity index is 1.79. The van der Waals surface area contributed by atoms with Crippen LogP contribution in [-0.4, -0.2) is 15.3 Å². The van der Waals surface area contributed by atoms with E-state index in [2.05, 4.69) is 48.3 Å². The third kappa shape index (κ3) is 2.57. The average Bonchev–Trinajstić information content (AvgIpc) is 3.17. The van der Waals surface area contributed by atoms with Gasteiger partial charge in [0.2, 0.25) is 0 Å². The smallest absolute Gasteiger partial charge is 0.150 e. The Labute approximate surface area is 163 Å². The molecule has 5 rings (SSSR count). The van der Waals surface area contributed by atoms with E-state index in [1.54, 1.807) is 12.1 Å². The predicted molar refractivity (Wildman–Crippen MR) is 111 cm³/mol. The van der Waals surface area contributed by atoms with Gasteiger partial charge in [-0.25, -0.2) is 0 Å². The first-order chi connectivity index (χ1) is 13.6. The van der Waals surface area contributed by atoms with E-state index < -0.39 is 0 Å². The molecule has 1 aliphatic rings. The van der Waals surface area contributed by atoms with Crippen LogP contribution in [0.4, 0.5) is 0 Å². The normalized spacial score (nSPS) is 16.1. The Kier molecular flexibility index (Phi) is 3.72. The van der Waals surface area contributed by atoms with Gasteiger partial charge in [0.25, 0.3) is 0 Å². The molecule has 0 spiro atoms. The van der Waals surface area contributed by atoms with Crippen LogP contribution in [0.15, 0.2) is 66.9 Å². The predicted octanol–water partition coefficient (Wildman–Crippen LogP) is 5.64. The summed E-state index contributed by atoms with van der Waals surface area (Å²) in [6.07, 6.45) is 1.59. The number of aromatic hydroxyl groups is 1. The Hall–Kier alpha value is -3.53. The van der Waals surface area contributed by atoms with Crippen molar-refractivity contribution >= 4 is 22.0 Å². The van der Waals surface area contributed by atoms with E-state index in [9.17, 15) is 5.11 Å². The van der Waals surface area contributed by atoms with Gasteiger partial charge in [0, 0.05) is 16.5 Å². The number of allylic oxidation sites excluding steroid dienone is 1.